The van der Waals surface area contributed by atoms with Crippen molar-refractivity contribution in [3.8, 4) is 5.75 Å². The van der Waals surface area contributed by atoms with E-state index in [1.54, 1.807) is 24.3 Å². The molecule has 3 rings (SSSR count). The molecule has 1 aliphatic carbocycles. The Labute approximate surface area is 172 Å². The Morgan fingerprint density at radius 2 is 1.69 bits per heavy atom. The highest BCUT2D eigenvalue weighted by Gasteiger charge is 2.25. The molecule has 1 aliphatic rings. The van der Waals surface area contributed by atoms with E-state index >= 15 is 0 Å². The first-order valence-corrected chi connectivity index (χ1v) is 10.4. The molecular formula is C24H29NO4. The zero-order valence-electron chi connectivity index (χ0n) is 16.7. The van der Waals surface area contributed by atoms with Crippen molar-refractivity contribution in [3.63, 3.8) is 0 Å². The molecule has 0 aromatic heterocycles. The molecule has 1 fully saturated rings. The van der Waals surface area contributed by atoms with Crippen LogP contribution >= 0.6 is 0 Å². The molecular weight excluding hydrogens is 366 g/mol. The average molecular weight is 395 g/mol. The van der Waals surface area contributed by atoms with Crippen molar-refractivity contribution in [2.45, 2.75) is 50.5 Å². The minimum absolute atomic E-state index is 0.143. The Morgan fingerprint density at radius 3 is 2.34 bits per heavy atom. The normalized spacial score (nSPS) is 17.0. The summed E-state index contributed by atoms with van der Waals surface area (Å²) in [7, 11) is 0. The van der Waals surface area contributed by atoms with E-state index in [1.165, 1.54) is 43.9 Å². The molecule has 0 aliphatic heterocycles. The number of oxime groups is 1. The van der Waals surface area contributed by atoms with Gasteiger partial charge in [0.05, 0.1) is 0 Å². The fraction of sp³-hybridized carbons (Fsp3) is 0.417. The summed E-state index contributed by atoms with van der Waals surface area (Å²) in [5.74, 6) is 0.416. The highest BCUT2D eigenvalue weighted by atomic mass is 16.6. The van der Waals surface area contributed by atoms with Crippen molar-refractivity contribution in [2.24, 2.45) is 11.1 Å². The topological polar surface area (TPSA) is 68.1 Å². The van der Waals surface area contributed by atoms with E-state index in [0.29, 0.717) is 24.2 Å². The molecule has 0 bridgehead atoms. The van der Waals surface area contributed by atoms with Crippen LogP contribution in [-0.4, -0.2) is 30.0 Å². The second kappa shape index (κ2) is 11.2. The van der Waals surface area contributed by atoms with Gasteiger partial charge < -0.3 is 14.7 Å². The standard InChI is InChI=1S/C24H29NO4/c26-24(27)23(29-21-14-8-3-9-15-21)16-17-25-28-18-22(19-10-4-1-5-11-19)20-12-6-2-7-13-20/h1,3-5,8-11,14-15,17,20,22-23H,2,6-7,12-13,16,18H2,(H,26,27). The van der Waals surface area contributed by atoms with Gasteiger partial charge in [-0.3, -0.25) is 0 Å². The van der Waals surface area contributed by atoms with E-state index < -0.39 is 12.1 Å². The van der Waals surface area contributed by atoms with Gasteiger partial charge in [0.25, 0.3) is 0 Å². The second-order valence-electron chi connectivity index (χ2n) is 7.49. The maximum atomic E-state index is 11.4. The number of carboxylic acids is 1. The van der Waals surface area contributed by atoms with E-state index in [0.717, 1.165) is 0 Å². The Balaban J connectivity index is 1.53. The number of hydrogen-bond donors (Lipinski definition) is 1. The number of carboxylic acid groups (broad SMARTS) is 1. The van der Waals surface area contributed by atoms with Crippen molar-refractivity contribution in [1.82, 2.24) is 0 Å². The third kappa shape index (κ3) is 6.63. The fourth-order valence-electron chi connectivity index (χ4n) is 3.92. The van der Waals surface area contributed by atoms with Gasteiger partial charge in [-0.05, 0) is 36.5 Å². The molecule has 2 aromatic carbocycles. The summed E-state index contributed by atoms with van der Waals surface area (Å²) in [5, 5.41) is 13.4. The molecule has 154 valence electrons. The lowest BCUT2D eigenvalue weighted by Crippen LogP contribution is -2.27. The maximum Gasteiger partial charge on any atom is 0.345 e. The lowest BCUT2D eigenvalue weighted by molar-refractivity contribution is -0.144. The van der Waals surface area contributed by atoms with Gasteiger partial charge in [0, 0.05) is 18.6 Å². The summed E-state index contributed by atoms with van der Waals surface area (Å²) in [6, 6.07) is 19.4. The van der Waals surface area contributed by atoms with Crippen molar-refractivity contribution in [1.29, 1.82) is 0 Å². The number of carbonyl (C=O) groups is 1. The summed E-state index contributed by atoms with van der Waals surface area (Å²) in [6.45, 7) is 0.502. The second-order valence-corrected chi connectivity index (χ2v) is 7.49. The van der Waals surface area contributed by atoms with Gasteiger partial charge in [-0.15, -0.1) is 0 Å². The van der Waals surface area contributed by atoms with Crippen LogP contribution in [-0.2, 0) is 9.63 Å². The number of rotatable bonds is 10. The lowest BCUT2D eigenvalue weighted by atomic mass is 9.77. The summed E-state index contributed by atoms with van der Waals surface area (Å²) in [4.78, 5) is 17.0. The average Bonchev–Trinajstić information content (AvgIpc) is 2.77. The first-order chi connectivity index (χ1) is 14.2. The Kier molecular flexibility index (Phi) is 8.11. The monoisotopic (exact) mass is 395 g/mol. The minimum Gasteiger partial charge on any atom is -0.478 e. The Morgan fingerprint density at radius 1 is 1.03 bits per heavy atom. The van der Waals surface area contributed by atoms with Crippen LogP contribution in [0.4, 0.5) is 0 Å². The van der Waals surface area contributed by atoms with Crippen LogP contribution in [0.5, 0.6) is 5.75 Å². The van der Waals surface area contributed by atoms with Crippen molar-refractivity contribution < 1.29 is 19.5 Å². The number of para-hydroxylation sites is 1. The molecule has 0 spiro atoms. The summed E-state index contributed by atoms with van der Waals surface area (Å²) >= 11 is 0. The smallest absolute Gasteiger partial charge is 0.345 e. The number of nitrogens with zero attached hydrogens (tertiary/aromatic N) is 1. The van der Waals surface area contributed by atoms with E-state index in [4.69, 9.17) is 9.57 Å². The maximum absolute atomic E-state index is 11.4. The van der Waals surface area contributed by atoms with Crippen molar-refractivity contribution in [3.05, 3.63) is 66.2 Å². The van der Waals surface area contributed by atoms with Crippen LogP contribution in [0.3, 0.4) is 0 Å². The molecule has 0 heterocycles. The number of benzene rings is 2. The van der Waals surface area contributed by atoms with Crippen LogP contribution in [0.25, 0.3) is 0 Å². The third-order valence-electron chi connectivity index (χ3n) is 5.47. The van der Waals surface area contributed by atoms with E-state index in [1.807, 2.05) is 12.1 Å². The van der Waals surface area contributed by atoms with E-state index in [9.17, 15) is 9.90 Å². The highest BCUT2D eigenvalue weighted by Crippen LogP contribution is 2.36. The molecule has 1 saturated carbocycles. The predicted octanol–water partition coefficient (Wildman–Crippen LogP) is 5.28. The highest BCUT2D eigenvalue weighted by molar-refractivity contribution is 5.77. The number of hydrogen-bond acceptors (Lipinski definition) is 4. The van der Waals surface area contributed by atoms with Gasteiger partial charge in [-0.25, -0.2) is 4.79 Å². The third-order valence-corrected chi connectivity index (χ3v) is 5.47. The SMILES string of the molecule is O=C(O)C(CC=NOCC(c1ccccc1)C1CCCCC1)Oc1ccccc1. The molecule has 0 radical (unpaired) electrons. The molecule has 0 saturated heterocycles. The Bertz CT molecular complexity index is 757. The van der Waals surface area contributed by atoms with Crippen LogP contribution in [0, 0.1) is 5.92 Å². The van der Waals surface area contributed by atoms with Crippen LogP contribution in [0.1, 0.15) is 50.0 Å². The molecule has 29 heavy (non-hydrogen) atoms. The summed E-state index contributed by atoms with van der Waals surface area (Å²) < 4.78 is 5.52. The fourth-order valence-corrected chi connectivity index (χ4v) is 3.92. The summed E-state index contributed by atoms with van der Waals surface area (Å²) in [6.07, 6.45) is 6.94. The van der Waals surface area contributed by atoms with Gasteiger partial charge >= 0.3 is 5.97 Å². The van der Waals surface area contributed by atoms with E-state index in [-0.39, 0.29) is 6.42 Å². The molecule has 5 heteroatoms. The van der Waals surface area contributed by atoms with Crippen LogP contribution in [0.15, 0.2) is 65.8 Å². The molecule has 5 nitrogen and oxygen atoms in total. The first-order valence-electron chi connectivity index (χ1n) is 10.4. The minimum atomic E-state index is -1.02. The van der Waals surface area contributed by atoms with Gasteiger partial charge in [0.15, 0.2) is 0 Å². The molecule has 2 aromatic rings. The van der Waals surface area contributed by atoms with Gasteiger partial charge in [0.2, 0.25) is 6.10 Å². The zero-order chi connectivity index (χ0) is 20.3. The molecule has 0 amide bonds. The number of ether oxygens (including phenoxy) is 1. The first kappa shape index (κ1) is 20.9. The molecule has 2 atom stereocenters. The molecule has 2 unspecified atom stereocenters. The largest absolute Gasteiger partial charge is 0.478 e. The lowest BCUT2D eigenvalue weighted by Gasteiger charge is -2.29. The van der Waals surface area contributed by atoms with Crippen LogP contribution in [0.2, 0.25) is 0 Å². The van der Waals surface area contributed by atoms with Gasteiger partial charge in [0.1, 0.15) is 12.4 Å². The van der Waals surface area contributed by atoms with Crippen LogP contribution < -0.4 is 4.74 Å². The van der Waals surface area contributed by atoms with Gasteiger partial charge in [-0.2, -0.15) is 0 Å². The quantitative estimate of drug-likeness (QED) is 0.439. The Hall–Kier alpha value is -2.82. The van der Waals surface area contributed by atoms with E-state index in [2.05, 4.69) is 29.4 Å². The zero-order valence-corrected chi connectivity index (χ0v) is 16.7. The number of aliphatic carboxylic acids is 1. The van der Waals surface area contributed by atoms with Crippen molar-refractivity contribution in [2.75, 3.05) is 6.61 Å². The predicted molar refractivity (Wildman–Crippen MR) is 113 cm³/mol. The van der Waals surface area contributed by atoms with Crippen molar-refractivity contribution >= 4 is 12.2 Å². The van der Waals surface area contributed by atoms with Gasteiger partial charge in [-0.1, -0.05) is 72.9 Å². The molecule has 1 N–H and O–H groups in total. The summed E-state index contributed by atoms with van der Waals surface area (Å²) in [5.41, 5.74) is 1.28.